The minimum absolute atomic E-state index is 0.0789. The standard InChI is InChI=1S/C19H20ClN3O3/c1-12-9-18(24)22-15-5-3-4-6-16(15)23(12)19(25)11-21-13-7-8-17(26-2)14(20)10-13/h3-8,10,12,21H,9,11H2,1-2H3,(H,22,24). The van der Waals surface area contributed by atoms with E-state index in [1.165, 1.54) is 0 Å². The lowest BCUT2D eigenvalue weighted by molar-refractivity contribution is -0.118. The lowest BCUT2D eigenvalue weighted by Gasteiger charge is -2.28. The van der Waals surface area contributed by atoms with Crippen molar-refractivity contribution in [3.8, 4) is 5.75 Å². The summed E-state index contributed by atoms with van der Waals surface area (Å²) in [6.07, 6.45) is 0.245. The van der Waals surface area contributed by atoms with E-state index in [0.717, 1.165) is 0 Å². The van der Waals surface area contributed by atoms with Crippen LogP contribution in [0.1, 0.15) is 13.3 Å². The summed E-state index contributed by atoms with van der Waals surface area (Å²) in [6, 6.07) is 12.3. The summed E-state index contributed by atoms with van der Waals surface area (Å²) in [4.78, 5) is 26.5. The van der Waals surface area contributed by atoms with Crippen molar-refractivity contribution in [3.05, 3.63) is 47.5 Å². The molecule has 2 amide bonds. The summed E-state index contributed by atoms with van der Waals surface area (Å²) in [5, 5.41) is 6.39. The smallest absolute Gasteiger partial charge is 0.246 e. The second-order valence-corrected chi connectivity index (χ2v) is 6.49. The number of carbonyl (C=O) groups excluding carboxylic acids is 2. The largest absolute Gasteiger partial charge is 0.495 e. The molecule has 0 spiro atoms. The molecule has 0 radical (unpaired) electrons. The van der Waals surface area contributed by atoms with Gasteiger partial charge >= 0.3 is 0 Å². The molecule has 136 valence electrons. The molecule has 0 aromatic heterocycles. The van der Waals surface area contributed by atoms with Gasteiger partial charge in [-0.15, -0.1) is 0 Å². The van der Waals surface area contributed by atoms with Crippen LogP contribution in [0.3, 0.4) is 0 Å². The number of halogens is 1. The van der Waals surface area contributed by atoms with Gasteiger partial charge in [-0.3, -0.25) is 9.59 Å². The first kappa shape index (κ1) is 18.1. The number of para-hydroxylation sites is 2. The van der Waals surface area contributed by atoms with E-state index in [1.54, 1.807) is 36.3 Å². The zero-order valence-corrected chi connectivity index (χ0v) is 15.3. The highest BCUT2D eigenvalue weighted by atomic mass is 35.5. The highest BCUT2D eigenvalue weighted by molar-refractivity contribution is 6.32. The Bertz CT molecular complexity index is 841. The Morgan fingerprint density at radius 1 is 1.35 bits per heavy atom. The van der Waals surface area contributed by atoms with Crippen molar-refractivity contribution in [2.24, 2.45) is 0 Å². The normalized spacial score (nSPS) is 16.3. The van der Waals surface area contributed by atoms with E-state index in [-0.39, 0.29) is 30.8 Å². The van der Waals surface area contributed by atoms with E-state index in [0.29, 0.717) is 27.8 Å². The summed E-state index contributed by atoms with van der Waals surface area (Å²) >= 11 is 6.12. The van der Waals surface area contributed by atoms with E-state index in [1.807, 2.05) is 25.1 Å². The molecule has 3 rings (SSSR count). The molecule has 1 heterocycles. The van der Waals surface area contributed by atoms with Crippen LogP contribution in [0.5, 0.6) is 5.75 Å². The monoisotopic (exact) mass is 373 g/mol. The lowest BCUT2D eigenvalue weighted by atomic mass is 10.1. The van der Waals surface area contributed by atoms with Crippen LogP contribution in [0, 0.1) is 0 Å². The number of methoxy groups -OCH3 is 1. The molecule has 1 aliphatic rings. The number of benzene rings is 2. The number of hydrogen-bond donors (Lipinski definition) is 2. The Morgan fingerprint density at radius 2 is 2.12 bits per heavy atom. The number of rotatable bonds is 4. The van der Waals surface area contributed by atoms with Crippen LogP contribution in [0.2, 0.25) is 5.02 Å². The summed E-state index contributed by atoms with van der Waals surface area (Å²) in [7, 11) is 1.55. The van der Waals surface area contributed by atoms with Crippen molar-refractivity contribution >= 4 is 40.5 Å². The number of amides is 2. The van der Waals surface area contributed by atoms with Gasteiger partial charge in [-0.25, -0.2) is 0 Å². The molecule has 0 fully saturated rings. The Balaban J connectivity index is 1.78. The molecule has 26 heavy (non-hydrogen) atoms. The topological polar surface area (TPSA) is 70.7 Å². The van der Waals surface area contributed by atoms with Gasteiger partial charge in [-0.1, -0.05) is 23.7 Å². The van der Waals surface area contributed by atoms with Gasteiger partial charge in [0.1, 0.15) is 5.75 Å². The number of carbonyl (C=O) groups is 2. The fourth-order valence-corrected chi connectivity index (χ4v) is 3.26. The average Bonchev–Trinajstić information content (AvgIpc) is 2.74. The van der Waals surface area contributed by atoms with Crippen LogP contribution in [-0.4, -0.2) is 31.5 Å². The van der Waals surface area contributed by atoms with E-state index in [4.69, 9.17) is 16.3 Å². The van der Waals surface area contributed by atoms with E-state index < -0.39 is 0 Å². The van der Waals surface area contributed by atoms with Crippen molar-refractivity contribution in [3.63, 3.8) is 0 Å². The highest BCUT2D eigenvalue weighted by Crippen LogP contribution is 2.31. The van der Waals surface area contributed by atoms with Gasteiger partial charge in [0.15, 0.2) is 0 Å². The molecule has 2 aromatic rings. The van der Waals surface area contributed by atoms with Crippen LogP contribution in [0.15, 0.2) is 42.5 Å². The number of hydrogen-bond acceptors (Lipinski definition) is 4. The number of anilines is 3. The molecular formula is C19H20ClN3O3. The lowest BCUT2D eigenvalue weighted by Crippen LogP contribution is -2.42. The number of ether oxygens (including phenoxy) is 1. The van der Waals surface area contributed by atoms with Crippen LogP contribution in [0.25, 0.3) is 0 Å². The summed E-state index contributed by atoms with van der Waals surface area (Å²) < 4.78 is 5.12. The first-order valence-electron chi connectivity index (χ1n) is 8.28. The predicted octanol–water partition coefficient (Wildman–Crippen LogP) is 3.52. The van der Waals surface area contributed by atoms with Crippen molar-refractivity contribution in [1.82, 2.24) is 0 Å². The van der Waals surface area contributed by atoms with E-state index in [2.05, 4.69) is 10.6 Å². The minimum atomic E-state index is -0.243. The van der Waals surface area contributed by atoms with Crippen molar-refractivity contribution in [2.45, 2.75) is 19.4 Å². The van der Waals surface area contributed by atoms with Crippen molar-refractivity contribution in [1.29, 1.82) is 0 Å². The SMILES string of the molecule is COc1ccc(NCC(=O)N2c3ccccc3NC(=O)CC2C)cc1Cl. The van der Waals surface area contributed by atoms with Gasteiger partial charge in [0.2, 0.25) is 11.8 Å². The predicted molar refractivity (Wildman–Crippen MR) is 103 cm³/mol. The van der Waals surface area contributed by atoms with Crippen LogP contribution in [0.4, 0.5) is 17.1 Å². The zero-order chi connectivity index (χ0) is 18.7. The number of nitrogens with zero attached hydrogens (tertiary/aromatic N) is 1. The van der Waals surface area contributed by atoms with Crippen LogP contribution in [-0.2, 0) is 9.59 Å². The maximum absolute atomic E-state index is 12.9. The third kappa shape index (κ3) is 3.75. The van der Waals surface area contributed by atoms with E-state index in [9.17, 15) is 9.59 Å². The van der Waals surface area contributed by atoms with Gasteiger partial charge in [0.25, 0.3) is 0 Å². The van der Waals surface area contributed by atoms with Gasteiger partial charge in [-0.05, 0) is 37.3 Å². The third-order valence-corrected chi connectivity index (χ3v) is 4.52. The molecule has 2 N–H and O–H groups in total. The number of nitrogens with one attached hydrogen (secondary N) is 2. The fraction of sp³-hybridized carbons (Fsp3) is 0.263. The summed E-state index contributed by atoms with van der Waals surface area (Å²) in [5.41, 5.74) is 2.06. The molecule has 1 aliphatic heterocycles. The quantitative estimate of drug-likeness (QED) is 0.860. The van der Waals surface area contributed by atoms with Crippen LogP contribution >= 0.6 is 11.6 Å². The van der Waals surface area contributed by atoms with E-state index >= 15 is 0 Å². The maximum Gasteiger partial charge on any atom is 0.246 e. The molecule has 0 saturated heterocycles. The van der Waals surface area contributed by atoms with Crippen molar-refractivity contribution < 1.29 is 14.3 Å². The molecule has 0 bridgehead atoms. The molecule has 2 aromatic carbocycles. The molecule has 0 saturated carbocycles. The fourth-order valence-electron chi connectivity index (χ4n) is 3.01. The molecule has 1 atom stereocenters. The average molecular weight is 374 g/mol. The summed E-state index contributed by atoms with van der Waals surface area (Å²) in [6.45, 7) is 1.94. The molecular weight excluding hydrogens is 354 g/mol. The van der Waals surface area contributed by atoms with Gasteiger partial charge in [0.05, 0.1) is 30.1 Å². The van der Waals surface area contributed by atoms with Crippen LogP contribution < -0.4 is 20.3 Å². The molecule has 1 unspecified atom stereocenters. The minimum Gasteiger partial charge on any atom is -0.495 e. The third-order valence-electron chi connectivity index (χ3n) is 4.22. The number of fused-ring (bicyclic) bond motifs is 1. The first-order chi connectivity index (χ1) is 12.5. The Morgan fingerprint density at radius 3 is 2.85 bits per heavy atom. The van der Waals surface area contributed by atoms with Gasteiger partial charge in [-0.2, -0.15) is 0 Å². The highest BCUT2D eigenvalue weighted by Gasteiger charge is 2.29. The van der Waals surface area contributed by atoms with Gasteiger partial charge < -0.3 is 20.3 Å². The molecule has 0 aliphatic carbocycles. The van der Waals surface area contributed by atoms with Gasteiger partial charge in [0, 0.05) is 18.2 Å². The molecule has 7 heteroatoms. The molecule has 6 nitrogen and oxygen atoms in total. The summed E-state index contributed by atoms with van der Waals surface area (Å²) in [5.74, 6) is 0.340. The Hall–Kier alpha value is -2.73. The first-order valence-corrected chi connectivity index (χ1v) is 8.65. The Labute approximate surface area is 157 Å². The second-order valence-electron chi connectivity index (χ2n) is 6.09. The van der Waals surface area contributed by atoms with Crippen molar-refractivity contribution in [2.75, 3.05) is 29.2 Å². The zero-order valence-electron chi connectivity index (χ0n) is 14.6. The maximum atomic E-state index is 12.9. The Kier molecular flexibility index (Phi) is 5.32. The second kappa shape index (κ2) is 7.66.